The van der Waals surface area contributed by atoms with Gasteiger partial charge in [0.05, 0.1) is 6.04 Å². The van der Waals surface area contributed by atoms with E-state index in [1.807, 2.05) is 19.0 Å². The van der Waals surface area contributed by atoms with Gasteiger partial charge in [0, 0.05) is 12.2 Å². The van der Waals surface area contributed by atoms with Crippen molar-refractivity contribution in [3.05, 3.63) is 59.9 Å². The van der Waals surface area contributed by atoms with Crippen LogP contribution in [-0.4, -0.2) is 37.9 Å². The van der Waals surface area contributed by atoms with E-state index in [-0.39, 0.29) is 24.2 Å². The minimum atomic E-state index is -4.77. The van der Waals surface area contributed by atoms with Gasteiger partial charge >= 0.3 is 12.4 Å². The van der Waals surface area contributed by atoms with Gasteiger partial charge in [-0.1, -0.05) is 12.1 Å². The van der Waals surface area contributed by atoms with Crippen LogP contribution in [0.4, 0.5) is 28.0 Å². The molecule has 0 fully saturated rings. The zero-order valence-electron chi connectivity index (χ0n) is 14.7. The SMILES string of the molecule is CN(C)C(CNC(=O)Nc1ccc(OC(F)(F)F)cc1)c1ccc(F)cc1. The zero-order valence-corrected chi connectivity index (χ0v) is 14.7. The summed E-state index contributed by atoms with van der Waals surface area (Å²) in [5.74, 6) is -0.725. The van der Waals surface area contributed by atoms with Crippen molar-refractivity contribution in [2.45, 2.75) is 12.4 Å². The average molecular weight is 385 g/mol. The summed E-state index contributed by atoms with van der Waals surface area (Å²) >= 11 is 0. The van der Waals surface area contributed by atoms with Crippen LogP contribution in [0.5, 0.6) is 5.75 Å². The van der Waals surface area contributed by atoms with Crippen molar-refractivity contribution in [3.8, 4) is 5.75 Å². The van der Waals surface area contributed by atoms with E-state index in [2.05, 4.69) is 15.4 Å². The molecule has 0 saturated carbocycles. The Bertz CT molecular complexity index is 747. The molecule has 1 atom stereocenters. The summed E-state index contributed by atoms with van der Waals surface area (Å²) in [5.41, 5.74) is 1.14. The van der Waals surface area contributed by atoms with Crippen molar-refractivity contribution in [2.24, 2.45) is 0 Å². The Morgan fingerprint density at radius 1 is 1.07 bits per heavy atom. The number of alkyl halides is 3. The fraction of sp³-hybridized carbons (Fsp3) is 0.278. The number of carbonyl (C=O) groups excluding carboxylic acids is 1. The molecule has 9 heteroatoms. The molecule has 5 nitrogen and oxygen atoms in total. The van der Waals surface area contributed by atoms with Crippen LogP contribution in [0.2, 0.25) is 0 Å². The molecule has 2 aromatic carbocycles. The molecule has 146 valence electrons. The van der Waals surface area contributed by atoms with E-state index in [9.17, 15) is 22.4 Å². The van der Waals surface area contributed by atoms with E-state index in [1.54, 1.807) is 12.1 Å². The number of carbonyl (C=O) groups is 1. The van der Waals surface area contributed by atoms with Gasteiger partial charge in [0.1, 0.15) is 11.6 Å². The number of hydrogen-bond donors (Lipinski definition) is 2. The number of nitrogens with zero attached hydrogens (tertiary/aromatic N) is 1. The molecule has 0 radical (unpaired) electrons. The highest BCUT2D eigenvalue weighted by Gasteiger charge is 2.30. The maximum atomic E-state index is 13.1. The van der Waals surface area contributed by atoms with Crippen LogP contribution in [0.3, 0.4) is 0 Å². The largest absolute Gasteiger partial charge is 0.573 e. The fourth-order valence-corrected chi connectivity index (χ4v) is 2.39. The van der Waals surface area contributed by atoms with E-state index >= 15 is 0 Å². The normalized spacial score (nSPS) is 12.6. The number of ether oxygens (including phenoxy) is 1. The number of benzene rings is 2. The van der Waals surface area contributed by atoms with Gasteiger partial charge in [-0.25, -0.2) is 9.18 Å². The molecule has 0 heterocycles. The average Bonchev–Trinajstić information content (AvgIpc) is 2.57. The Morgan fingerprint density at radius 2 is 1.67 bits per heavy atom. The standard InChI is InChI=1S/C18H19F4N3O2/c1-25(2)16(12-3-5-13(19)6-4-12)11-23-17(26)24-14-7-9-15(10-8-14)27-18(20,21)22/h3-10,16H,11H2,1-2H3,(H2,23,24,26). The summed E-state index contributed by atoms with van der Waals surface area (Å²) in [6.07, 6.45) is -4.77. The van der Waals surface area contributed by atoms with Crippen LogP contribution in [-0.2, 0) is 0 Å². The number of anilines is 1. The first kappa shape index (κ1) is 20.5. The minimum absolute atomic E-state index is 0.182. The highest BCUT2D eigenvalue weighted by Crippen LogP contribution is 2.24. The Labute approximate surface area is 153 Å². The second kappa shape index (κ2) is 8.72. The molecule has 0 aromatic heterocycles. The van der Waals surface area contributed by atoms with Crippen molar-refractivity contribution in [1.29, 1.82) is 0 Å². The maximum absolute atomic E-state index is 13.1. The zero-order chi connectivity index (χ0) is 20.0. The number of rotatable bonds is 6. The van der Waals surface area contributed by atoms with Crippen LogP contribution in [0.15, 0.2) is 48.5 Å². The van der Waals surface area contributed by atoms with Gasteiger partial charge in [-0.3, -0.25) is 0 Å². The lowest BCUT2D eigenvalue weighted by atomic mass is 10.1. The minimum Gasteiger partial charge on any atom is -0.406 e. The third-order valence-corrected chi connectivity index (χ3v) is 3.68. The summed E-state index contributed by atoms with van der Waals surface area (Å²) < 4.78 is 53.2. The third-order valence-electron chi connectivity index (χ3n) is 3.68. The number of nitrogens with one attached hydrogen (secondary N) is 2. The number of amides is 2. The van der Waals surface area contributed by atoms with E-state index in [0.717, 1.165) is 17.7 Å². The predicted molar refractivity (Wildman–Crippen MR) is 93.0 cm³/mol. The van der Waals surface area contributed by atoms with Gasteiger partial charge in [-0.2, -0.15) is 0 Å². The van der Waals surface area contributed by atoms with Crippen LogP contribution < -0.4 is 15.4 Å². The van der Waals surface area contributed by atoms with Crippen molar-refractivity contribution in [1.82, 2.24) is 10.2 Å². The Balaban J connectivity index is 1.91. The van der Waals surface area contributed by atoms with Gasteiger partial charge in [0.25, 0.3) is 0 Å². The van der Waals surface area contributed by atoms with Crippen LogP contribution in [0.25, 0.3) is 0 Å². The van der Waals surface area contributed by atoms with Crippen molar-refractivity contribution >= 4 is 11.7 Å². The van der Waals surface area contributed by atoms with E-state index < -0.39 is 12.4 Å². The summed E-state index contributed by atoms with van der Waals surface area (Å²) in [5, 5.41) is 5.20. The van der Waals surface area contributed by atoms with E-state index in [4.69, 9.17) is 0 Å². The second-order valence-electron chi connectivity index (χ2n) is 5.94. The first-order valence-corrected chi connectivity index (χ1v) is 7.96. The van der Waals surface area contributed by atoms with E-state index in [1.165, 1.54) is 24.3 Å². The molecule has 2 rings (SSSR count). The lowest BCUT2D eigenvalue weighted by Crippen LogP contribution is -2.36. The highest BCUT2D eigenvalue weighted by atomic mass is 19.4. The van der Waals surface area contributed by atoms with Crippen LogP contribution in [0, 0.1) is 5.82 Å². The van der Waals surface area contributed by atoms with Crippen molar-refractivity contribution < 1.29 is 27.1 Å². The van der Waals surface area contributed by atoms with Crippen molar-refractivity contribution in [2.75, 3.05) is 26.0 Å². The molecule has 0 aliphatic rings. The quantitative estimate of drug-likeness (QED) is 0.735. The van der Waals surface area contributed by atoms with E-state index in [0.29, 0.717) is 5.69 Å². The molecule has 0 spiro atoms. The molecular formula is C18H19F4N3O2. The summed E-state index contributed by atoms with van der Waals surface area (Å²) in [6, 6.07) is 10.1. The topological polar surface area (TPSA) is 53.6 Å². The summed E-state index contributed by atoms with van der Waals surface area (Å²) in [4.78, 5) is 13.9. The van der Waals surface area contributed by atoms with Crippen molar-refractivity contribution in [3.63, 3.8) is 0 Å². The lowest BCUT2D eigenvalue weighted by molar-refractivity contribution is -0.274. The molecule has 2 N–H and O–H groups in total. The molecule has 0 aliphatic heterocycles. The molecule has 27 heavy (non-hydrogen) atoms. The smallest absolute Gasteiger partial charge is 0.406 e. The molecule has 2 aromatic rings. The predicted octanol–water partition coefficient (Wildman–Crippen LogP) is 4.15. The number of halogens is 4. The number of hydrogen-bond acceptors (Lipinski definition) is 3. The molecule has 0 bridgehead atoms. The molecule has 2 amide bonds. The number of urea groups is 1. The Kier molecular flexibility index (Phi) is 6.62. The van der Waals surface area contributed by atoms with Gasteiger partial charge in [-0.15, -0.1) is 13.2 Å². The maximum Gasteiger partial charge on any atom is 0.573 e. The summed E-state index contributed by atoms with van der Waals surface area (Å²) in [7, 11) is 3.65. The fourth-order valence-electron chi connectivity index (χ4n) is 2.39. The second-order valence-corrected chi connectivity index (χ2v) is 5.94. The van der Waals surface area contributed by atoms with Gasteiger partial charge in [-0.05, 0) is 56.1 Å². The van der Waals surface area contributed by atoms with Crippen LogP contribution >= 0.6 is 0 Å². The van der Waals surface area contributed by atoms with Gasteiger partial charge in [0.15, 0.2) is 0 Å². The highest BCUT2D eigenvalue weighted by molar-refractivity contribution is 5.89. The summed E-state index contributed by atoms with van der Waals surface area (Å²) in [6.45, 7) is 0.250. The van der Waals surface area contributed by atoms with Gasteiger partial charge < -0.3 is 20.3 Å². The molecular weight excluding hydrogens is 366 g/mol. The Morgan fingerprint density at radius 3 is 2.19 bits per heavy atom. The third kappa shape index (κ3) is 6.78. The molecule has 0 saturated heterocycles. The first-order valence-electron chi connectivity index (χ1n) is 7.96. The lowest BCUT2D eigenvalue weighted by Gasteiger charge is -2.25. The molecule has 1 unspecified atom stereocenters. The Hall–Kier alpha value is -2.81. The monoisotopic (exact) mass is 385 g/mol. The van der Waals surface area contributed by atoms with Gasteiger partial charge in [0.2, 0.25) is 0 Å². The number of likely N-dealkylation sites (N-methyl/N-ethyl adjacent to an activating group) is 1. The van der Waals surface area contributed by atoms with Crippen LogP contribution in [0.1, 0.15) is 11.6 Å². The molecule has 0 aliphatic carbocycles. The first-order chi connectivity index (χ1) is 12.6.